The van der Waals surface area contributed by atoms with Gasteiger partial charge in [-0.2, -0.15) is 5.10 Å². The molecule has 0 aliphatic carbocycles. The molecule has 3 nitrogen and oxygen atoms in total. The molecule has 0 spiro atoms. The van der Waals surface area contributed by atoms with Crippen LogP contribution in [-0.4, -0.2) is 14.8 Å². The predicted molar refractivity (Wildman–Crippen MR) is 87.5 cm³/mol. The zero-order valence-corrected chi connectivity index (χ0v) is 14.8. The summed E-state index contributed by atoms with van der Waals surface area (Å²) in [6.45, 7) is 15.2. The minimum atomic E-state index is 0.230. The molecule has 4 heteroatoms. The molecule has 0 radical (unpaired) electrons. The second-order valence-corrected chi connectivity index (χ2v) is 8.38. The van der Waals surface area contributed by atoms with Gasteiger partial charge < -0.3 is 0 Å². The fourth-order valence-electron chi connectivity index (χ4n) is 1.52. The maximum Gasteiger partial charge on any atom is 0.0896 e. The number of hydrogen-bond donors (Lipinski definition) is 0. The van der Waals surface area contributed by atoms with Crippen molar-refractivity contribution in [1.82, 2.24) is 14.8 Å². The second kappa shape index (κ2) is 6.08. The standard InChI is InChI=1S/C8H14N2.C8H13NS/c1-8(2,3)7-5-9-10(4)6-7;1-6-9-5-7(10-6)8(2,3)4/h5-6H,1-4H3;5H,1-4H3. The van der Waals surface area contributed by atoms with Crippen molar-refractivity contribution in [2.75, 3.05) is 0 Å². The number of aryl methyl sites for hydroxylation is 2. The summed E-state index contributed by atoms with van der Waals surface area (Å²) >= 11 is 1.78. The van der Waals surface area contributed by atoms with Crippen LogP contribution >= 0.6 is 11.3 Å². The van der Waals surface area contributed by atoms with Crippen molar-refractivity contribution < 1.29 is 0 Å². The molecule has 0 bridgehead atoms. The van der Waals surface area contributed by atoms with Crippen LogP contribution < -0.4 is 0 Å². The zero-order valence-electron chi connectivity index (χ0n) is 14.0. The normalized spacial score (nSPS) is 12.0. The van der Waals surface area contributed by atoms with Gasteiger partial charge in [0.2, 0.25) is 0 Å². The molecule has 2 aromatic rings. The first-order valence-electron chi connectivity index (χ1n) is 6.92. The van der Waals surface area contributed by atoms with Gasteiger partial charge in [0.15, 0.2) is 0 Å². The van der Waals surface area contributed by atoms with Crippen LogP contribution in [0, 0.1) is 6.92 Å². The summed E-state index contributed by atoms with van der Waals surface area (Å²) < 4.78 is 1.83. The van der Waals surface area contributed by atoms with Gasteiger partial charge in [-0.15, -0.1) is 11.3 Å². The molecular formula is C16H27N3S. The fourth-order valence-corrected chi connectivity index (χ4v) is 2.35. The average Bonchev–Trinajstić information content (AvgIpc) is 2.85. The molecule has 0 aliphatic rings. The molecule has 20 heavy (non-hydrogen) atoms. The Morgan fingerprint density at radius 2 is 1.60 bits per heavy atom. The van der Waals surface area contributed by atoms with Gasteiger partial charge >= 0.3 is 0 Å². The van der Waals surface area contributed by atoms with E-state index in [0.29, 0.717) is 0 Å². The Hall–Kier alpha value is -1.16. The van der Waals surface area contributed by atoms with Crippen molar-refractivity contribution in [2.45, 2.75) is 59.3 Å². The number of rotatable bonds is 0. The lowest BCUT2D eigenvalue weighted by Crippen LogP contribution is -2.09. The fraction of sp³-hybridized carbons (Fsp3) is 0.625. The van der Waals surface area contributed by atoms with Crippen LogP contribution in [0.4, 0.5) is 0 Å². The maximum absolute atomic E-state index is 4.20. The van der Waals surface area contributed by atoms with E-state index in [2.05, 4.69) is 57.8 Å². The van der Waals surface area contributed by atoms with Crippen LogP contribution in [0.15, 0.2) is 18.6 Å². The van der Waals surface area contributed by atoms with Crippen molar-refractivity contribution >= 4 is 11.3 Å². The molecule has 0 N–H and O–H groups in total. The van der Waals surface area contributed by atoms with E-state index in [1.165, 1.54) is 10.4 Å². The van der Waals surface area contributed by atoms with E-state index in [0.717, 1.165) is 5.01 Å². The van der Waals surface area contributed by atoms with E-state index in [1.54, 1.807) is 11.3 Å². The van der Waals surface area contributed by atoms with E-state index in [9.17, 15) is 0 Å². The Labute approximate surface area is 127 Å². The largest absolute Gasteiger partial charge is 0.276 e. The van der Waals surface area contributed by atoms with Crippen LogP contribution in [0.1, 0.15) is 57.0 Å². The van der Waals surface area contributed by atoms with Crippen molar-refractivity contribution in [1.29, 1.82) is 0 Å². The summed E-state index contributed by atoms with van der Waals surface area (Å²) in [5.74, 6) is 0. The molecule has 0 saturated heterocycles. The number of nitrogens with zero attached hydrogens (tertiary/aromatic N) is 3. The average molecular weight is 293 g/mol. The zero-order chi connectivity index (χ0) is 15.6. The summed E-state index contributed by atoms with van der Waals surface area (Å²) in [6.07, 6.45) is 5.94. The SMILES string of the molecule is Cc1ncc(C(C)(C)C)s1.Cn1cc(C(C)(C)C)cn1. The molecule has 2 aromatic heterocycles. The van der Waals surface area contributed by atoms with Crippen molar-refractivity contribution in [2.24, 2.45) is 7.05 Å². The monoisotopic (exact) mass is 293 g/mol. The lowest BCUT2D eigenvalue weighted by molar-refractivity contribution is 0.589. The molecule has 0 aliphatic heterocycles. The maximum atomic E-state index is 4.20. The lowest BCUT2D eigenvalue weighted by Gasteiger charge is -2.14. The van der Waals surface area contributed by atoms with Crippen molar-refractivity contribution in [3.63, 3.8) is 0 Å². The molecule has 0 atom stereocenters. The van der Waals surface area contributed by atoms with Crippen molar-refractivity contribution in [3.8, 4) is 0 Å². The molecule has 2 heterocycles. The Bertz CT molecular complexity index is 488. The molecule has 0 amide bonds. The van der Waals surface area contributed by atoms with Crippen LogP contribution in [0.3, 0.4) is 0 Å². The third-order valence-corrected chi connectivity index (χ3v) is 4.27. The van der Waals surface area contributed by atoms with Gasteiger partial charge in [0.1, 0.15) is 0 Å². The number of hydrogen-bond acceptors (Lipinski definition) is 3. The summed E-state index contributed by atoms with van der Waals surface area (Å²) in [4.78, 5) is 5.57. The van der Waals surface area contributed by atoms with E-state index in [-0.39, 0.29) is 10.8 Å². The van der Waals surface area contributed by atoms with Gasteiger partial charge in [-0.05, 0) is 23.3 Å². The minimum absolute atomic E-state index is 0.230. The Morgan fingerprint density at radius 1 is 1.00 bits per heavy atom. The summed E-state index contributed by atoms with van der Waals surface area (Å²) in [5, 5.41) is 5.26. The smallest absolute Gasteiger partial charge is 0.0896 e. The van der Waals surface area contributed by atoms with Gasteiger partial charge in [0, 0.05) is 24.3 Å². The van der Waals surface area contributed by atoms with E-state index >= 15 is 0 Å². The highest BCUT2D eigenvalue weighted by atomic mass is 32.1. The molecule has 112 valence electrons. The first-order valence-corrected chi connectivity index (χ1v) is 7.74. The molecule has 0 saturated carbocycles. The third-order valence-electron chi connectivity index (χ3n) is 2.93. The Kier molecular flexibility index (Phi) is 5.14. The lowest BCUT2D eigenvalue weighted by atomic mass is 9.90. The highest BCUT2D eigenvalue weighted by Crippen LogP contribution is 2.26. The highest BCUT2D eigenvalue weighted by Gasteiger charge is 2.15. The quantitative estimate of drug-likeness (QED) is 0.717. The van der Waals surface area contributed by atoms with Gasteiger partial charge in [-0.1, -0.05) is 41.5 Å². The van der Waals surface area contributed by atoms with E-state index < -0.39 is 0 Å². The molecule has 0 unspecified atom stereocenters. The highest BCUT2D eigenvalue weighted by molar-refractivity contribution is 7.11. The molecular weight excluding hydrogens is 266 g/mol. The first-order chi connectivity index (χ1) is 9.00. The predicted octanol–water partition coefficient (Wildman–Crippen LogP) is 4.47. The third kappa shape index (κ3) is 5.08. The van der Waals surface area contributed by atoms with Crippen LogP contribution in [0.2, 0.25) is 0 Å². The van der Waals surface area contributed by atoms with Crippen LogP contribution in [0.25, 0.3) is 0 Å². The van der Waals surface area contributed by atoms with Crippen LogP contribution in [0.5, 0.6) is 0 Å². The van der Waals surface area contributed by atoms with Gasteiger partial charge in [-0.3, -0.25) is 4.68 Å². The topological polar surface area (TPSA) is 30.7 Å². The summed E-state index contributed by atoms with van der Waals surface area (Å²) in [6, 6.07) is 0. The molecule has 2 rings (SSSR count). The minimum Gasteiger partial charge on any atom is -0.276 e. The van der Waals surface area contributed by atoms with E-state index in [1.807, 2.05) is 31.0 Å². The number of thiazole rings is 1. The van der Waals surface area contributed by atoms with Gasteiger partial charge in [0.05, 0.1) is 11.2 Å². The van der Waals surface area contributed by atoms with E-state index in [4.69, 9.17) is 0 Å². The Morgan fingerprint density at radius 3 is 1.80 bits per heavy atom. The van der Waals surface area contributed by atoms with Crippen LogP contribution in [-0.2, 0) is 17.9 Å². The number of aromatic nitrogens is 3. The first kappa shape index (κ1) is 16.9. The second-order valence-electron chi connectivity index (χ2n) is 7.15. The Balaban J connectivity index is 0.000000200. The van der Waals surface area contributed by atoms with Gasteiger partial charge in [0.25, 0.3) is 0 Å². The summed E-state index contributed by atoms with van der Waals surface area (Å²) in [7, 11) is 1.94. The summed E-state index contributed by atoms with van der Waals surface area (Å²) in [5.41, 5.74) is 1.79. The van der Waals surface area contributed by atoms with Gasteiger partial charge in [-0.25, -0.2) is 4.98 Å². The molecule has 0 aromatic carbocycles. The molecule has 0 fully saturated rings. The van der Waals surface area contributed by atoms with Crippen molar-refractivity contribution in [3.05, 3.63) is 34.0 Å².